The lowest BCUT2D eigenvalue weighted by Gasteiger charge is -2.10. The van der Waals surface area contributed by atoms with Crippen molar-refractivity contribution in [1.29, 1.82) is 0 Å². The molecule has 1 aromatic heterocycles. The first-order valence-corrected chi connectivity index (χ1v) is 6.91. The summed E-state index contributed by atoms with van der Waals surface area (Å²) in [6.45, 7) is 4.02. The van der Waals surface area contributed by atoms with E-state index < -0.39 is 0 Å². The highest BCUT2D eigenvalue weighted by Crippen LogP contribution is 2.28. The van der Waals surface area contributed by atoms with Gasteiger partial charge in [0.1, 0.15) is 17.4 Å². The lowest BCUT2D eigenvalue weighted by atomic mass is 10.2. The smallest absolute Gasteiger partial charge is 0.224 e. The molecule has 0 aliphatic carbocycles. The molecule has 0 amide bonds. The number of aromatic nitrogens is 2. The molecular formula is C14H16BrN3O. The first-order valence-electron chi connectivity index (χ1n) is 6.12. The highest BCUT2D eigenvalue weighted by Gasteiger charge is 2.07. The van der Waals surface area contributed by atoms with Gasteiger partial charge in [-0.25, -0.2) is 4.98 Å². The number of nitrogens with one attached hydrogen (secondary N) is 1. The molecule has 1 aromatic carbocycles. The third kappa shape index (κ3) is 3.44. The Morgan fingerprint density at radius 1 is 1.26 bits per heavy atom. The number of hydrogen-bond donors (Lipinski definition) is 1. The van der Waals surface area contributed by atoms with Gasteiger partial charge in [-0.2, -0.15) is 4.98 Å². The van der Waals surface area contributed by atoms with E-state index in [2.05, 4.69) is 31.2 Å². The minimum atomic E-state index is 0.553. The van der Waals surface area contributed by atoms with E-state index in [-0.39, 0.29) is 0 Å². The molecule has 2 rings (SSSR count). The number of anilines is 1. The standard InChI is InChI=1S/C14H16BrN3O/c1-4-12-17-13(16-3)8-14(18-12)19-11-7-10(15)6-5-9(11)2/h5-8H,4H2,1-3H3,(H,16,17,18). The van der Waals surface area contributed by atoms with Gasteiger partial charge < -0.3 is 10.1 Å². The molecule has 0 spiro atoms. The zero-order chi connectivity index (χ0) is 13.8. The fraction of sp³-hybridized carbons (Fsp3) is 0.286. The Kier molecular flexibility index (Phi) is 4.37. The number of aryl methyl sites for hydroxylation is 2. The minimum Gasteiger partial charge on any atom is -0.439 e. The molecule has 0 saturated heterocycles. The van der Waals surface area contributed by atoms with Gasteiger partial charge in [-0.05, 0) is 24.6 Å². The van der Waals surface area contributed by atoms with Crippen LogP contribution in [0.15, 0.2) is 28.7 Å². The van der Waals surface area contributed by atoms with Gasteiger partial charge in [-0.15, -0.1) is 0 Å². The van der Waals surface area contributed by atoms with Gasteiger partial charge in [-0.1, -0.05) is 28.9 Å². The van der Waals surface area contributed by atoms with E-state index in [1.54, 1.807) is 6.07 Å². The van der Waals surface area contributed by atoms with Gasteiger partial charge in [0.05, 0.1) is 0 Å². The van der Waals surface area contributed by atoms with Crippen molar-refractivity contribution in [3.8, 4) is 11.6 Å². The summed E-state index contributed by atoms with van der Waals surface area (Å²) in [4.78, 5) is 8.72. The SMILES string of the molecule is CCc1nc(NC)cc(Oc2cc(Br)ccc2C)n1. The van der Waals surface area contributed by atoms with E-state index in [0.717, 1.165) is 33.8 Å². The summed E-state index contributed by atoms with van der Waals surface area (Å²) in [5.74, 6) is 2.86. The Morgan fingerprint density at radius 3 is 2.74 bits per heavy atom. The van der Waals surface area contributed by atoms with Crippen molar-refractivity contribution in [3.05, 3.63) is 40.1 Å². The quantitative estimate of drug-likeness (QED) is 0.926. The summed E-state index contributed by atoms with van der Waals surface area (Å²) in [6.07, 6.45) is 0.767. The van der Waals surface area contributed by atoms with Gasteiger partial charge in [0.2, 0.25) is 5.88 Å². The zero-order valence-corrected chi connectivity index (χ0v) is 12.8. The summed E-state index contributed by atoms with van der Waals surface area (Å²) in [5.41, 5.74) is 1.06. The van der Waals surface area contributed by atoms with Crippen LogP contribution in [0.2, 0.25) is 0 Å². The number of ether oxygens (including phenoxy) is 1. The van der Waals surface area contributed by atoms with Crippen LogP contribution < -0.4 is 10.1 Å². The van der Waals surface area contributed by atoms with Crippen LogP contribution in [0.25, 0.3) is 0 Å². The normalized spacial score (nSPS) is 10.3. The molecule has 19 heavy (non-hydrogen) atoms. The Bertz CT molecular complexity index is 565. The zero-order valence-electron chi connectivity index (χ0n) is 11.2. The Morgan fingerprint density at radius 2 is 2.05 bits per heavy atom. The van der Waals surface area contributed by atoms with Crippen LogP contribution in [0.1, 0.15) is 18.3 Å². The maximum absolute atomic E-state index is 5.85. The van der Waals surface area contributed by atoms with Crippen LogP contribution in [0.5, 0.6) is 11.6 Å². The minimum absolute atomic E-state index is 0.553. The number of hydrogen-bond acceptors (Lipinski definition) is 4. The van der Waals surface area contributed by atoms with Crippen molar-refractivity contribution in [2.75, 3.05) is 12.4 Å². The molecule has 4 nitrogen and oxygen atoms in total. The second-order valence-corrected chi connectivity index (χ2v) is 5.04. The van der Waals surface area contributed by atoms with Gasteiger partial charge in [0, 0.05) is 24.0 Å². The maximum atomic E-state index is 5.85. The van der Waals surface area contributed by atoms with E-state index >= 15 is 0 Å². The Hall–Kier alpha value is -1.62. The largest absolute Gasteiger partial charge is 0.439 e. The summed E-state index contributed by atoms with van der Waals surface area (Å²) < 4.78 is 6.83. The van der Waals surface area contributed by atoms with Crippen molar-refractivity contribution in [2.24, 2.45) is 0 Å². The van der Waals surface area contributed by atoms with E-state index in [1.807, 2.05) is 39.1 Å². The average molecular weight is 322 g/mol. The second kappa shape index (κ2) is 6.02. The van der Waals surface area contributed by atoms with E-state index in [4.69, 9.17) is 4.74 Å². The monoisotopic (exact) mass is 321 g/mol. The molecule has 5 heteroatoms. The second-order valence-electron chi connectivity index (χ2n) is 4.12. The van der Waals surface area contributed by atoms with Crippen molar-refractivity contribution in [3.63, 3.8) is 0 Å². The highest BCUT2D eigenvalue weighted by atomic mass is 79.9. The molecule has 0 saturated carbocycles. The molecule has 1 N–H and O–H groups in total. The molecule has 0 aliphatic heterocycles. The van der Waals surface area contributed by atoms with Crippen LogP contribution in [-0.2, 0) is 6.42 Å². The fourth-order valence-electron chi connectivity index (χ4n) is 1.61. The van der Waals surface area contributed by atoms with Crippen molar-refractivity contribution in [1.82, 2.24) is 9.97 Å². The van der Waals surface area contributed by atoms with Gasteiger partial charge in [0.15, 0.2) is 0 Å². The molecule has 1 heterocycles. The average Bonchev–Trinajstić information content (AvgIpc) is 2.42. The summed E-state index contributed by atoms with van der Waals surface area (Å²) in [6, 6.07) is 7.71. The first kappa shape index (κ1) is 13.8. The van der Waals surface area contributed by atoms with Gasteiger partial charge in [0.25, 0.3) is 0 Å². The molecule has 0 bridgehead atoms. The molecule has 0 radical (unpaired) electrons. The predicted octanol–water partition coefficient (Wildman–Crippen LogP) is 3.94. The fourth-order valence-corrected chi connectivity index (χ4v) is 1.95. The maximum Gasteiger partial charge on any atom is 0.224 e. The molecule has 0 unspecified atom stereocenters. The van der Waals surface area contributed by atoms with Gasteiger partial charge in [-0.3, -0.25) is 0 Å². The predicted molar refractivity (Wildman–Crippen MR) is 79.9 cm³/mol. The molecule has 0 aliphatic rings. The first-order chi connectivity index (χ1) is 9.12. The van der Waals surface area contributed by atoms with Crippen molar-refractivity contribution >= 4 is 21.7 Å². The van der Waals surface area contributed by atoms with Crippen LogP contribution >= 0.6 is 15.9 Å². The number of nitrogens with zero attached hydrogens (tertiary/aromatic N) is 2. The summed E-state index contributed by atoms with van der Waals surface area (Å²) >= 11 is 3.44. The number of benzene rings is 1. The highest BCUT2D eigenvalue weighted by molar-refractivity contribution is 9.10. The van der Waals surface area contributed by atoms with Crippen LogP contribution in [-0.4, -0.2) is 17.0 Å². The lowest BCUT2D eigenvalue weighted by molar-refractivity contribution is 0.455. The Balaban J connectivity index is 2.34. The van der Waals surface area contributed by atoms with Gasteiger partial charge >= 0.3 is 0 Å². The van der Waals surface area contributed by atoms with Crippen molar-refractivity contribution in [2.45, 2.75) is 20.3 Å². The molecule has 100 valence electrons. The van der Waals surface area contributed by atoms with Crippen molar-refractivity contribution < 1.29 is 4.74 Å². The van der Waals surface area contributed by atoms with Crippen LogP contribution in [0.4, 0.5) is 5.82 Å². The third-order valence-corrected chi connectivity index (χ3v) is 3.18. The van der Waals surface area contributed by atoms with E-state index in [9.17, 15) is 0 Å². The number of halogens is 1. The van der Waals surface area contributed by atoms with E-state index in [0.29, 0.717) is 5.88 Å². The summed E-state index contributed by atoms with van der Waals surface area (Å²) in [5, 5.41) is 3.01. The van der Waals surface area contributed by atoms with E-state index in [1.165, 1.54) is 0 Å². The third-order valence-electron chi connectivity index (χ3n) is 2.69. The van der Waals surface area contributed by atoms with Crippen LogP contribution in [0, 0.1) is 6.92 Å². The molecule has 0 atom stereocenters. The lowest BCUT2D eigenvalue weighted by Crippen LogP contribution is -2.01. The Labute approximate surface area is 121 Å². The number of rotatable bonds is 4. The molecule has 0 fully saturated rings. The molecule has 2 aromatic rings. The molecular weight excluding hydrogens is 306 g/mol. The topological polar surface area (TPSA) is 47.0 Å². The summed E-state index contributed by atoms with van der Waals surface area (Å²) in [7, 11) is 1.83. The van der Waals surface area contributed by atoms with Crippen LogP contribution in [0.3, 0.4) is 0 Å².